The largest absolute Gasteiger partial charge is 0.478 e. The highest BCUT2D eigenvalue weighted by atomic mass is 35.5. The van der Waals surface area contributed by atoms with Gasteiger partial charge in [-0.3, -0.25) is 10.1 Å². The number of rotatable bonds is 4. The van der Waals surface area contributed by atoms with Gasteiger partial charge in [0.25, 0.3) is 5.91 Å². The van der Waals surface area contributed by atoms with Crippen LogP contribution in [0, 0.1) is 0 Å². The standard InChI is InChI=1S/C13H13ClN2O4/c1-8(9-3-2-4-10(14)7-9)15-13(20)16-11(17)5-6-12(18)19/h2-8H,1H3,(H,18,19)(H2,15,16,17,20). The zero-order valence-corrected chi connectivity index (χ0v) is 11.3. The van der Waals surface area contributed by atoms with Crippen LogP contribution in [0.5, 0.6) is 0 Å². The topological polar surface area (TPSA) is 95.5 Å². The number of hydrogen-bond donors (Lipinski definition) is 3. The summed E-state index contributed by atoms with van der Waals surface area (Å²) in [6, 6.07) is 5.84. The number of amides is 3. The van der Waals surface area contributed by atoms with Gasteiger partial charge in [-0.15, -0.1) is 0 Å². The molecule has 3 amide bonds. The van der Waals surface area contributed by atoms with Crippen molar-refractivity contribution >= 4 is 29.5 Å². The van der Waals surface area contributed by atoms with E-state index in [0.717, 1.165) is 11.6 Å². The first-order chi connectivity index (χ1) is 9.38. The molecule has 7 heteroatoms. The molecule has 0 saturated heterocycles. The summed E-state index contributed by atoms with van der Waals surface area (Å²) in [5, 5.41) is 13.4. The van der Waals surface area contributed by atoms with Crippen molar-refractivity contribution < 1.29 is 19.5 Å². The van der Waals surface area contributed by atoms with Crippen LogP contribution in [0.4, 0.5) is 4.79 Å². The Labute approximate surface area is 120 Å². The number of urea groups is 1. The Balaban J connectivity index is 2.54. The third-order valence-corrected chi connectivity index (χ3v) is 2.55. The highest BCUT2D eigenvalue weighted by Gasteiger charge is 2.11. The molecule has 0 saturated carbocycles. The van der Waals surface area contributed by atoms with E-state index in [1.807, 2.05) is 5.32 Å². The number of carbonyl (C=O) groups is 3. The van der Waals surface area contributed by atoms with Gasteiger partial charge in [-0.25, -0.2) is 9.59 Å². The lowest BCUT2D eigenvalue weighted by Crippen LogP contribution is -2.39. The molecule has 0 bridgehead atoms. The lowest BCUT2D eigenvalue weighted by molar-refractivity contribution is -0.131. The summed E-state index contributed by atoms with van der Waals surface area (Å²) in [5.74, 6) is -2.09. The van der Waals surface area contributed by atoms with E-state index in [1.54, 1.807) is 31.2 Å². The molecule has 1 aromatic carbocycles. The quantitative estimate of drug-likeness (QED) is 0.739. The van der Waals surface area contributed by atoms with Crippen LogP contribution in [0.15, 0.2) is 36.4 Å². The molecule has 20 heavy (non-hydrogen) atoms. The van der Waals surface area contributed by atoms with Crippen molar-refractivity contribution in [1.29, 1.82) is 0 Å². The summed E-state index contributed by atoms with van der Waals surface area (Å²) in [7, 11) is 0. The van der Waals surface area contributed by atoms with Gasteiger partial charge in [0.15, 0.2) is 0 Å². The van der Waals surface area contributed by atoms with Crippen LogP contribution >= 0.6 is 11.6 Å². The Morgan fingerprint density at radius 1 is 1.30 bits per heavy atom. The third-order valence-electron chi connectivity index (χ3n) is 2.31. The lowest BCUT2D eigenvalue weighted by atomic mass is 10.1. The Morgan fingerprint density at radius 2 is 2.00 bits per heavy atom. The van der Waals surface area contributed by atoms with Gasteiger partial charge < -0.3 is 10.4 Å². The Bertz CT molecular complexity index is 557. The molecule has 0 aliphatic heterocycles. The molecule has 106 valence electrons. The Hall–Kier alpha value is -2.34. The molecule has 0 aliphatic carbocycles. The number of halogens is 1. The molecule has 0 spiro atoms. The third kappa shape index (κ3) is 5.53. The summed E-state index contributed by atoms with van der Waals surface area (Å²) >= 11 is 5.83. The van der Waals surface area contributed by atoms with Crippen molar-refractivity contribution in [3.63, 3.8) is 0 Å². The normalized spacial score (nSPS) is 11.9. The number of nitrogens with one attached hydrogen (secondary N) is 2. The minimum absolute atomic E-state index is 0.357. The smallest absolute Gasteiger partial charge is 0.328 e. The van der Waals surface area contributed by atoms with Crippen LogP contribution in [-0.2, 0) is 9.59 Å². The molecule has 0 heterocycles. The second-order valence-electron chi connectivity index (χ2n) is 3.91. The van der Waals surface area contributed by atoms with E-state index in [4.69, 9.17) is 16.7 Å². The molecular formula is C13H13ClN2O4. The van der Waals surface area contributed by atoms with E-state index in [-0.39, 0.29) is 6.04 Å². The Morgan fingerprint density at radius 3 is 2.60 bits per heavy atom. The van der Waals surface area contributed by atoms with E-state index < -0.39 is 17.9 Å². The lowest BCUT2D eigenvalue weighted by Gasteiger charge is -2.14. The highest BCUT2D eigenvalue weighted by molar-refractivity contribution is 6.30. The fraction of sp³-hybridized carbons (Fsp3) is 0.154. The minimum Gasteiger partial charge on any atom is -0.478 e. The first kappa shape index (κ1) is 15.7. The fourth-order valence-electron chi connectivity index (χ4n) is 1.39. The number of carboxylic acid groups (broad SMARTS) is 1. The van der Waals surface area contributed by atoms with Crippen LogP contribution in [0.2, 0.25) is 5.02 Å². The van der Waals surface area contributed by atoms with Gasteiger partial charge in [-0.1, -0.05) is 23.7 Å². The first-order valence-corrected chi connectivity index (χ1v) is 6.04. The van der Waals surface area contributed by atoms with Crippen LogP contribution in [0.25, 0.3) is 0 Å². The van der Waals surface area contributed by atoms with Crippen molar-refractivity contribution in [1.82, 2.24) is 10.6 Å². The van der Waals surface area contributed by atoms with E-state index in [0.29, 0.717) is 11.1 Å². The van der Waals surface area contributed by atoms with E-state index in [2.05, 4.69) is 5.32 Å². The SMILES string of the molecule is CC(NC(=O)NC(=O)C=CC(=O)O)c1cccc(Cl)c1. The molecule has 1 rings (SSSR count). The fourth-order valence-corrected chi connectivity index (χ4v) is 1.59. The molecule has 1 atom stereocenters. The maximum Gasteiger partial charge on any atom is 0.328 e. The van der Waals surface area contributed by atoms with Crippen LogP contribution in [0.3, 0.4) is 0 Å². The van der Waals surface area contributed by atoms with Crippen molar-refractivity contribution in [3.8, 4) is 0 Å². The Kier molecular flexibility index (Phi) is 5.74. The summed E-state index contributed by atoms with van der Waals surface area (Å²) in [6.07, 6.45) is 1.40. The summed E-state index contributed by atoms with van der Waals surface area (Å²) in [4.78, 5) is 32.9. The van der Waals surface area contributed by atoms with Gasteiger partial charge in [0.2, 0.25) is 0 Å². The molecule has 1 unspecified atom stereocenters. The average Bonchev–Trinajstić information content (AvgIpc) is 2.36. The average molecular weight is 297 g/mol. The summed E-state index contributed by atoms with van der Waals surface area (Å²) in [5.41, 5.74) is 0.779. The molecule has 0 aromatic heterocycles. The maximum atomic E-state index is 11.5. The molecule has 6 nitrogen and oxygen atoms in total. The van der Waals surface area contributed by atoms with Crippen LogP contribution in [-0.4, -0.2) is 23.0 Å². The first-order valence-electron chi connectivity index (χ1n) is 5.66. The number of imide groups is 1. The highest BCUT2D eigenvalue weighted by Crippen LogP contribution is 2.16. The van der Waals surface area contributed by atoms with Gasteiger partial charge in [0.1, 0.15) is 0 Å². The van der Waals surface area contributed by atoms with Gasteiger partial charge in [-0.2, -0.15) is 0 Å². The van der Waals surface area contributed by atoms with Crippen molar-refractivity contribution in [3.05, 3.63) is 47.0 Å². The number of hydrogen-bond acceptors (Lipinski definition) is 3. The second-order valence-corrected chi connectivity index (χ2v) is 4.35. The zero-order valence-electron chi connectivity index (χ0n) is 10.6. The molecule has 1 aromatic rings. The number of carbonyl (C=O) groups excluding carboxylic acids is 2. The van der Waals surface area contributed by atoms with Crippen LogP contribution < -0.4 is 10.6 Å². The van der Waals surface area contributed by atoms with Gasteiger partial charge in [-0.05, 0) is 24.6 Å². The number of carboxylic acids is 1. The monoisotopic (exact) mass is 296 g/mol. The predicted octanol–water partition coefficient (Wildman–Crippen LogP) is 1.87. The maximum absolute atomic E-state index is 11.5. The van der Waals surface area contributed by atoms with Gasteiger partial charge in [0.05, 0.1) is 6.04 Å². The molecular weight excluding hydrogens is 284 g/mol. The molecule has 0 radical (unpaired) electrons. The second kappa shape index (κ2) is 7.30. The summed E-state index contributed by atoms with van der Waals surface area (Å²) in [6.45, 7) is 1.73. The zero-order chi connectivity index (χ0) is 15.1. The molecule has 0 fully saturated rings. The van der Waals surface area contributed by atoms with E-state index in [9.17, 15) is 14.4 Å². The summed E-state index contributed by atoms with van der Waals surface area (Å²) < 4.78 is 0. The van der Waals surface area contributed by atoms with E-state index in [1.165, 1.54) is 0 Å². The minimum atomic E-state index is -1.27. The predicted molar refractivity (Wildman–Crippen MR) is 73.3 cm³/mol. The van der Waals surface area contributed by atoms with Crippen molar-refractivity contribution in [2.24, 2.45) is 0 Å². The van der Waals surface area contributed by atoms with Crippen molar-refractivity contribution in [2.75, 3.05) is 0 Å². The van der Waals surface area contributed by atoms with Gasteiger partial charge in [0, 0.05) is 17.2 Å². The molecule has 0 aliphatic rings. The van der Waals surface area contributed by atoms with Gasteiger partial charge >= 0.3 is 12.0 Å². The number of benzene rings is 1. The van der Waals surface area contributed by atoms with Crippen LogP contribution in [0.1, 0.15) is 18.5 Å². The van der Waals surface area contributed by atoms with Crippen molar-refractivity contribution in [2.45, 2.75) is 13.0 Å². The van der Waals surface area contributed by atoms with E-state index >= 15 is 0 Å². The molecule has 3 N–H and O–H groups in total. The number of aliphatic carboxylic acids is 1.